The van der Waals surface area contributed by atoms with E-state index >= 15 is 0 Å². The highest BCUT2D eigenvalue weighted by Crippen LogP contribution is 2.31. The van der Waals surface area contributed by atoms with Crippen LogP contribution in [0, 0.1) is 0 Å². The van der Waals surface area contributed by atoms with E-state index in [-0.39, 0.29) is 38.3 Å². The van der Waals surface area contributed by atoms with E-state index in [1.165, 1.54) is 48.5 Å². The Labute approximate surface area is 163 Å². The van der Waals surface area contributed by atoms with Gasteiger partial charge in [-0.25, -0.2) is 8.42 Å². The van der Waals surface area contributed by atoms with Gasteiger partial charge in [-0.3, -0.25) is 9.52 Å². The third-order valence-corrected chi connectivity index (χ3v) is 5.76. The number of phenols is 2. The molecule has 0 amide bonds. The standard InChI is InChI=1S/C19H12ClNO6S/c20-10-1-4-13(5-2-10)28(25,26)21-11-3-6-14-16(7-11)27-17-9-12(22)8-15(23)18(17)19(14)24/h1-9,21-23H. The van der Waals surface area contributed by atoms with Gasteiger partial charge in [0.25, 0.3) is 10.0 Å². The molecule has 1 heterocycles. The second-order valence-corrected chi connectivity index (χ2v) is 8.16. The summed E-state index contributed by atoms with van der Waals surface area (Å²) >= 11 is 5.78. The van der Waals surface area contributed by atoms with E-state index in [0.717, 1.165) is 6.07 Å². The Balaban J connectivity index is 1.82. The number of benzene rings is 3. The second-order valence-electron chi connectivity index (χ2n) is 6.04. The number of aromatic hydroxyl groups is 2. The summed E-state index contributed by atoms with van der Waals surface area (Å²) in [5.74, 6) is -0.676. The lowest BCUT2D eigenvalue weighted by atomic mass is 10.1. The minimum absolute atomic E-state index is 0.0202. The average Bonchev–Trinajstić information content (AvgIpc) is 2.61. The van der Waals surface area contributed by atoms with Crippen LogP contribution in [0.5, 0.6) is 11.5 Å². The number of halogens is 1. The molecule has 7 nitrogen and oxygen atoms in total. The number of hydrogen-bond acceptors (Lipinski definition) is 6. The summed E-state index contributed by atoms with van der Waals surface area (Å²) in [6.07, 6.45) is 0. The Kier molecular flexibility index (Phi) is 4.17. The van der Waals surface area contributed by atoms with Crippen molar-refractivity contribution in [2.75, 3.05) is 4.72 Å². The first-order chi connectivity index (χ1) is 13.2. The summed E-state index contributed by atoms with van der Waals surface area (Å²) in [5.41, 5.74) is -0.248. The summed E-state index contributed by atoms with van der Waals surface area (Å²) in [4.78, 5) is 12.6. The van der Waals surface area contributed by atoms with Gasteiger partial charge in [0.2, 0.25) is 5.43 Å². The minimum Gasteiger partial charge on any atom is -0.508 e. The van der Waals surface area contributed by atoms with Crippen molar-refractivity contribution >= 4 is 49.3 Å². The topological polar surface area (TPSA) is 117 Å². The first kappa shape index (κ1) is 18.1. The number of phenolic OH excluding ortho intramolecular Hbond substituents is 2. The Bertz CT molecular complexity index is 1390. The molecule has 0 saturated carbocycles. The van der Waals surface area contributed by atoms with E-state index in [0.29, 0.717) is 5.02 Å². The first-order valence-electron chi connectivity index (χ1n) is 7.95. The monoisotopic (exact) mass is 417 g/mol. The molecule has 0 aliphatic heterocycles. The van der Waals surface area contributed by atoms with Crippen molar-refractivity contribution in [1.82, 2.24) is 0 Å². The van der Waals surface area contributed by atoms with Crippen LogP contribution in [0.1, 0.15) is 0 Å². The van der Waals surface area contributed by atoms with Gasteiger partial charge < -0.3 is 14.6 Å². The van der Waals surface area contributed by atoms with Crippen LogP contribution in [0.25, 0.3) is 21.9 Å². The van der Waals surface area contributed by atoms with Crippen molar-refractivity contribution in [1.29, 1.82) is 0 Å². The molecule has 3 N–H and O–H groups in total. The smallest absolute Gasteiger partial charge is 0.261 e. The maximum absolute atomic E-state index is 12.6. The lowest BCUT2D eigenvalue weighted by molar-refractivity contribution is 0.453. The largest absolute Gasteiger partial charge is 0.508 e. The molecule has 142 valence electrons. The summed E-state index contributed by atoms with van der Waals surface area (Å²) in [5, 5.41) is 20.0. The zero-order valence-corrected chi connectivity index (χ0v) is 15.6. The maximum atomic E-state index is 12.6. The Morgan fingerprint density at radius 1 is 0.929 bits per heavy atom. The molecule has 3 aromatic carbocycles. The van der Waals surface area contributed by atoms with Crippen molar-refractivity contribution in [3.63, 3.8) is 0 Å². The molecule has 4 rings (SSSR count). The van der Waals surface area contributed by atoms with Gasteiger partial charge in [-0.2, -0.15) is 0 Å². The highest BCUT2D eigenvalue weighted by atomic mass is 35.5. The summed E-state index contributed by atoms with van der Waals surface area (Å²) in [6, 6.07) is 12.0. The minimum atomic E-state index is -3.87. The van der Waals surface area contributed by atoms with E-state index in [1.807, 2.05) is 0 Å². The fraction of sp³-hybridized carbons (Fsp3) is 0. The SMILES string of the molecule is O=c1c2ccc(NS(=O)(=O)c3ccc(Cl)cc3)cc2oc2cc(O)cc(O)c12. The molecule has 9 heteroatoms. The summed E-state index contributed by atoms with van der Waals surface area (Å²) in [6.45, 7) is 0. The van der Waals surface area contributed by atoms with Gasteiger partial charge >= 0.3 is 0 Å². The van der Waals surface area contributed by atoms with E-state index < -0.39 is 21.2 Å². The molecule has 0 unspecified atom stereocenters. The average molecular weight is 418 g/mol. The molecule has 4 aromatic rings. The van der Waals surface area contributed by atoms with Crippen molar-refractivity contribution in [3.05, 3.63) is 69.8 Å². The molecule has 28 heavy (non-hydrogen) atoms. The van der Waals surface area contributed by atoms with E-state index in [9.17, 15) is 23.4 Å². The van der Waals surface area contributed by atoms with Crippen molar-refractivity contribution in [2.24, 2.45) is 0 Å². The zero-order valence-electron chi connectivity index (χ0n) is 14.0. The van der Waals surface area contributed by atoms with Crippen molar-refractivity contribution in [2.45, 2.75) is 4.90 Å². The molecule has 0 bridgehead atoms. The number of rotatable bonds is 3. The fourth-order valence-corrected chi connectivity index (χ4v) is 4.01. The van der Waals surface area contributed by atoms with Gasteiger partial charge in [0.1, 0.15) is 28.1 Å². The van der Waals surface area contributed by atoms with Crippen molar-refractivity contribution < 1.29 is 23.0 Å². The first-order valence-corrected chi connectivity index (χ1v) is 9.82. The third kappa shape index (κ3) is 3.12. The fourth-order valence-electron chi connectivity index (χ4n) is 2.83. The lowest BCUT2D eigenvalue weighted by Gasteiger charge is -2.09. The normalized spacial score (nSPS) is 11.8. The predicted octanol–water partition coefficient (Wildman–Crippen LogP) is 3.81. The molecule has 0 spiro atoms. The predicted molar refractivity (Wildman–Crippen MR) is 106 cm³/mol. The number of anilines is 1. The molecule has 0 radical (unpaired) electrons. The molecule has 0 atom stereocenters. The number of fused-ring (bicyclic) bond motifs is 2. The zero-order chi connectivity index (χ0) is 20.1. The van der Waals surface area contributed by atoms with E-state index in [2.05, 4.69) is 4.72 Å². The quantitative estimate of drug-likeness (QED) is 0.436. The Morgan fingerprint density at radius 2 is 1.64 bits per heavy atom. The second kappa shape index (κ2) is 6.43. The molecule has 0 saturated heterocycles. The van der Waals surface area contributed by atoms with E-state index in [1.54, 1.807) is 0 Å². The number of sulfonamides is 1. The molecule has 0 aliphatic carbocycles. The molecule has 0 fully saturated rings. The van der Waals surface area contributed by atoms with Crippen LogP contribution in [0.15, 0.2) is 68.7 Å². The van der Waals surface area contributed by atoms with Gasteiger partial charge in [-0.1, -0.05) is 11.6 Å². The molecular weight excluding hydrogens is 406 g/mol. The number of hydrogen-bond donors (Lipinski definition) is 3. The van der Waals surface area contributed by atoms with Crippen LogP contribution in [-0.4, -0.2) is 18.6 Å². The molecular formula is C19H12ClNO6S. The van der Waals surface area contributed by atoms with Gasteiger partial charge in [0.05, 0.1) is 16.0 Å². The Hall–Kier alpha value is -3.23. The third-order valence-electron chi connectivity index (χ3n) is 4.12. The van der Waals surface area contributed by atoms with Crippen LogP contribution in [0.2, 0.25) is 5.02 Å². The van der Waals surface area contributed by atoms with Crippen LogP contribution in [-0.2, 0) is 10.0 Å². The van der Waals surface area contributed by atoms with Gasteiger partial charge in [-0.15, -0.1) is 0 Å². The summed E-state index contributed by atoms with van der Waals surface area (Å²) in [7, 11) is -3.87. The highest BCUT2D eigenvalue weighted by molar-refractivity contribution is 7.92. The van der Waals surface area contributed by atoms with Gasteiger partial charge in [-0.05, 0) is 36.4 Å². The molecule has 1 aromatic heterocycles. The van der Waals surface area contributed by atoms with Crippen LogP contribution >= 0.6 is 11.6 Å². The Morgan fingerprint density at radius 3 is 2.36 bits per heavy atom. The molecule has 0 aliphatic rings. The van der Waals surface area contributed by atoms with Crippen LogP contribution in [0.4, 0.5) is 5.69 Å². The highest BCUT2D eigenvalue weighted by Gasteiger charge is 2.17. The van der Waals surface area contributed by atoms with Gasteiger partial charge in [0, 0.05) is 23.2 Å². The van der Waals surface area contributed by atoms with Crippen LogP contribution < -0.4 is 10.2 Å². The van der Waals surface area contributed by atoms with Crippen molar-refractivity contribution in [3.8, 4) is 11.5 Å². The lowest BCUT2D eigenvalue weighted by Crippen LogP contribution is -2.13. The van der Waals surface area contributed by atoms with E-state index in [4.69, 9.17) is 16.0 Å². The number of nitrogens with one attached hydrogen (secondary N) is 1. The van der Waals surface area contributed by atoms with Gasteiger partial charge in [0.15, 0.2) is 0 Å². The maximum Gasteiger partial charge on any atom is 0.261 e. The summed E-state index contributed by atoms with van der Waals surface area (Å²) < 4.78 is 33.0. The van der Waals surface area contributed by atoms with Crippen LogP contribution in [0.3, 0.4) is 0 Å².